The Morgan fingerprint density at radius 2 is 1.41 bits per heavy atom. The minimum absolute atomic E-state index is 0.0471. The van der Waals surface area contributed by atoms with Crippen molar-refractivity contribution in [2.45, 2.75) is 76.3 Å². The van der Waals surface area contributed by atoms with Crippen LogP contribution in [-0.4, -0.2) is 95.0 Å². The van der Waals surface area contributed by atoms with Gasteiger partial charge >= 0.3 is 5.69 Å². The average molecular weight is 879 g/mol. The largest absolute Gasteiger partial charge is 0.497 e. The number of carbonyl (C=O) groups is 1. The molecule has 2 N–H and O–H groups in total. The number of aromatic nitrogens is 2. The molecule has 1 fully saturated rings. The summed E-state index contributed by atoms with van der Waals surface area (Å²) in [5, 5.41) is 14.3. The molecule has 332 valence electrons. The summed E-state index contributed by atoms with van der Waals surface area (Å²) in [5.41, 5.74) is 0.788. The molecule has 4 aromatic carbocycles. The van der Waals surface area contributed by atoms with Crippen molar-refractivity contribution in [2.24, 2.45) is 0 Å². The van der Waals surface area contributed by atoms with E-state index in [9.17, 15) is 19.7 Å². The third-order valence-electron chi connectivity index (χ3n) is 10.7. The lowest BCUT2D eigenvalue weighted by atomic mass is 9.80. The highest BCUT2D eigenvalue weighted by molar-refractivity contribution is 7.43. The first-order chi connectivity index (χ1) is 30.4. The zero-order chi connectivity index (χ0) is 45.1. The number of nitriles is 1. The fourth-order valence-electron chi connectivity index (χ4n) is 7.91. The molecule has 16 heteroatoms. The summed E-state index contributed by atoms with van der Waals surface area (Å²) in [5.74, 6) is 0.939. The van der Waals surface area contributed by atoms with Crippen LogP contribution in [0.5, 0.6) is 11.5 Å². The molecule has 5 aromatic rings. The number of benzene rings is 4. The van der Waals surface area contributed by atoms with E-state index in [0.29, 0.717) is 17.1 Å². The van der Waals surface area contributed by atoms with Crippen LogP contribution in [0.1, 0.15) is 67.4 Å². The van der Waals surface area contributed by atoms with Gasteiger partial charge in [-0.25, -0.2) is 9.80 Å². The zero-order valence-electron chi connectivity index (χ0n) is 36.5. The summed E-state index contributed by atoms with van der Waals surface area (Å²) < 4.78 is 40.8. The third-order valence-corrected chi connectivity index (χ3v) is 12.0. The van der Waals surface area contributed by atoms with E-state index in [4.69, 9.17) is 28.2 Å². The van der Waals surface area contributed by atoms with E-state index < -0.39 is 50.3 Å². The van der Waals surface area contributed by atoms with Gasteiger partial charge in [0, 0.05) is 43.9 Å². The molecule has 63 heavy (non-hydrogen) atoms. The second kappa shape index (κ2) is 21.7. The number of ether oxygens (including phenoxy) is 5. The van der Waals surface area contributed by atoms with Crippen molar-refractivity contribution in [2.75, 3.05) is 39.8 Å². The van der Waals surface area contributed by atoms with Gasteiger partial charge < -0.3 is 38.4 Å². The van der Waals surface area contributed by atoms with Crippen molar-refractivity contribution in [3.05, 3.63) is 154 Å². The normalized spacial score (nSPS) is 18.1. The van der Waals surface area contributed by atoms with Crippen LogP contribution in [0.3, 0.4) is 0 Å². The summed E-state index contributed by atoms with van der Waals surface area (Å²) in [6.07, 6.45) is -2.52. The number of nitrogens with zero attached hydrogens (tertiary/aromatic N) is 5. The van der Waals surface area contributed by atoms with Gasteiger partial charge in [0.2, 0.25) is 0 Å². The smallest absolute Gasteiger partial charge is 0.351 e. The monoisotopic (exact) mass is 878 g/mol. The first-order valence-corrected chi connectivity index (χ1v) is 21.8. The lowest BCUT2D eigenvalue weighted by molar-refractivity contribution is -0.0965. The quantitative estimate of drug-likeness (QED) is 0.0455. The molecule has 1 amide bonds. The molecule has 1 unspecified atom stereocenters. The highest BCUT2D eigenvalue weighted by Gasteiger charge is 2.51. The second-order valence-corrected chi connectivity index (χ2v) is 16.5. The molecule has 5 atom stereocenters. The predicted octanol–water partition coefficient (Wildman–Crippen LogP) is 7.29. The predicted molar refractivity (Wildman–Crippen MR) is 239 cm³/mol. The van der Waals surface area contributed by atoms with E-state index in [1.165, 1.54) is 23.9 Å². The van der Waals surface area contributed by atoms with Gasteiger partial charge in [-0.15, -0.1) is 0 Å². The van der Waals surface area contributed by atoms with Crippen molar-refractivity contribution < 1.29 is 37.9 Å². The Hall–Kier alpha value is -5.53. The van der Waals surface area contributed by atoms with E-state index in [1.54, 1.807) is 49.3 Å². The molecule has 2 heterocycles. The minimum Gasteiger partial charge on any atom is -0.497 e. The molecule has 1 saturated heterocycles. The van der Waals surface area contributed by atoms with Gasteiger partial charge in [-0.05, 0) is 86.8 Å². The fraction of sp³-hybridized carbons (Fsp3) is 0.362. The number of nitrogens with one attached hydrogen (secondary N) is 1. The van der Waals surface area contributed by atoms with Crippen LogP contribution in [0.4, 0.5) is 5.82 Å². The van der Waals surface area contributed by atoms with Crippen molar-refractivity contribution in [3.8, 4) is 17.6 Å². The maximum atomic E-state index is 13.9. The average Bonchev–Trinajstić information content (AvgIpc) is 3.64. The van der Waals surface area contributed by atoms with Crippen LogP contribution in [0.15, 0.2) is 126 Å². The number of carbonyl (C=O) groups excluding carboxylic acids is 1. The van der Waals surface area contributed by atoms with Crippen LogP contribution < -0.4 is 20.5 Å². The highest BCUT2D eigenvalue weighted by atomic mass is 31.2. The SMILES string of the molecule is COc1ccc(C(OC[C@H]2O[C@@H](n3ccc(NC(=O)c4ccccc4)nc3=O)[C@H](OC)[C@@H]2OP(O)N(CCC#N)N(C(C)C)C(C)C)(c2ccccc2)c2ccc(OC)cc2)cc1. The standard InChI is InChI=1S/C47H55N6O9P/c1-32(2)53(33(3)4)52(29-14-28-48)63(56)62-42-40(61-45(43(42)59-7)51-30-27-41(50-46(51)55)49-44(54)34-15-10-8-11-16-34)31-60-47(35-17-12-9-13-18-35,36-19-23-38(57-5)24-20-36)37-21-25-39(58-6)26-22-37/h8-13,15-27,30,32-33,40,42-43,45,56H,14,29,31H2,1-7H3,(H,49,50,54,55)/t40-,42-,43-,45-,63?/m1/s1. The van der Waals surface area contributed by atoms with Gasteiger partial charge in [0.05, 0.1) is 26.9 Å². The van der Waals surface area contributed by atoms with Gasteiger partial charge in [-0.3, -0.25) is 9.36 Å². The molecule has 0 spiro atoms. The Kier molecular flexibility index (Phi) is 16.2. The molecular weight excluding hydrogens is 824 g/mol. The van der Waals surface area contributed by atoms with Gasteiger partial charge in [0.15, 0.2) is 6.23 Å². The molecule has 6 rings (SSSR count). The molecular formula is C47H55N6O9P. The van der Waals surface area contributed by atoms with E-state index in [1.807, 2.05) is 112 Å². The van der Waals surface area contributed by atoms with Crippen LogP contribution in [0.2, 0.25) is 0 Å². The Labute approximate surface area is 369 Å². The molecule has 0 saturated carbocycles. The summed E-state index contributed by atoms with van der Waals surface area (Å²) in [6.45, 7) is 8.05. The van der Waals surface area contributed by atoms with Gasteiger partial charge in [-0.1, -0.05) is 72.8 Å². The van der Waals surface area contributed by atoms with Crippen molar-refractivity contribution in [1.82, 2.24) is 19.3 Å². The Balaban J connectivity index is 1.43. The summed E-state index contributed by atoms with van der Waals surface area (Å²) >= 11 is 0. The molecule has 15 nitrogen and oxygen atoms in total. The lowest BCUT2D eigenvalue weighted by Crippen LogP contribution is -2.49. The van der Waals surface area contributed by atoms with Gasteiger partial charge in [0.1, 0.15) is 41.2 Å². The number of rotatable bonds is 20. The first-order valence-electron chi connectivity index (χ1n) is 20.7. The second-order valence-electron chi connectivity index (χ2n) is 15.3. The first kappa shape index (κ1) is 47.0. The maximum absolute atomic E-state index is 13.9. The lowest BCUT2D eigenvalue weighted by Gasteiger charge is -2.42. The van der Waals surface area contributed by atoms with Crippen molar-refractivity contribution >= 4 is 20.3 Å². The van der Waals surface area contributed by atoms with Gasteiger partial charge in [0.25, 0.3) is 14.4 Å². The number of anilines is 1. The molecule has 0 bridgehead atoms. The van der Waals surface area contributed by atoms with Crippen LogP contribution in [0.25, 0.3) is 0 Å². The summed E-state index contributed by atoms with van der Waals surface area (Å²) in [7, 11) is 2.25. The van der Waals surface area contributed by atoms with Crippen molar-refractivity contribution in [1.29, 1.82) is 5.26 Å². The number of hydrogen-bond donors (Lipinski definition) is 2. The Bertz CT molecular complexity index is 2270. The van der Waals surface area contributed by atoms with Crippen LogP contribution >= 0.6 is 8.53 Å². The van der Waals surface area contributed by atoms with E-state index in [2.05, 4.69) is 16.4 Å². The number of hydrazine groups is 1. The highest BCUT2D eigenvalue weighted by Crippen LogP contribution is 2.48. The molecule has 0 radical (unpaired) electrons. The summed E-state index contributed by atoms with van der Waals surface area (Å²) in [6, 6.07) is 37.1. The maximum Gasteiger partial charge on any atom is 0.351 e. The fourth-order valence-corrected chi connectivity index (χ4v) is 9.35. The third kappa shape index (κ3) is 10.6. The Morgan fingerprint density at radius 1 is 0.857 bits per heavy atom. The van der Waals surface area contributed by atoms with E-state index in [0.717, 1.165) is 16.7 Å². The molecule has 1 aromatic heterocycles. The number of amides is 1. The zero-order valence-corrected chi connectivity index (χ0v) is 37.4. The molecule has 1 aliphatic heterocycles. The van der Waals surface area contributed by atoms with E-state index in [-0.39, 0.29) is 37.5 Å². The number of hydrogen-bond acceptors (Lipinski definition) is 13. The Morgan fingerprint density at radius 3 is 1.92 bits per heavy atom. The van der Waals surface area contributed by atoms with Crippen LogP contribution in [-0.2, 0) is 24.3 Å². The topological polar surface area (TPSA) is 170 Å². The minimum atomic E-state index is -2.43. The van der Waals surface area contributed by atoms with Crippen LogP contribution in [0, 0.1) is 11.3 Å². The van der Waals surface area contributed by atoms with E-state index >= 15 is 0 Å². The molecule has 1 aliphatic rings. The summed E-state index contributed by atoms with van der Waals surface area (Å²) in [4.78, 5) is 43.1. The van der Waals surface area contributed by atoms with Gasteiger partial charge in [-0.2, -0.15) is 15.0 Å². The number of methoxy groups -OCH3 is 3. The van der Waals surface area contributed by atoms with Crippen molar-refractivity contribution in [3.63, 3.8) is 0 Å². The molecule has 0 aliphatic carbocycles.